The second-order valence-corrected chi connectivity index (χ2v) is 7.55. The summed E-state index contributed by atoms with van der Waals surface area (Å²) >= 11 is 0. The third-order valence-corrected chi connectivity index (χ3v) is 5.56. The first-order valence-electron chi connectivity index (χ1n) is 10.6. The number of aromatic nitrogens is 4. The van der Waals surface area contributed by atoms with Crippen LogP contribution in [0.25, 0.3) is 16.6 Å². The number of hydrogen-bond acceptors (Lipinski definition) is 5. The lowest BCUT2D eigenvalue weighted by atomic mass is 10.0. The number of rotatable bonds is 7. The van der Waals surface area contributed by atoms with Crippen LogP contribution in [0.2, 0.25) is 0 Å². The van der Waals surface area contributed by atoms with Crippen molar-refractivity contribution in [3.05, 3.63) is 78.1 Å². The van der Waals surface area contributed by atoms with Crippen LogP contribution < -0.4 is 10.2 Å². The molecule has 32 heavy (non-hydrogen) atoms. The van der Waals surface area contributed by atoms with Crippen LogP contribution in [-0.2, 0) is 0 Å². The molecule has 0 saturated carbocycles. The molecule has 164 valence electrons. The van der Waals surface area contributed by atoms with E-state index in [4.69, 9.17) is 0 Å². The molecule has 3 aromatic heterocycles. The minimum atomic E-state index is -0.321. The maximum absolute atomic E-state index is 13.3. The Morgan fingerprint density at radius 3 is 2.66 bits per heavy atom. The van der Waals surface area contributed by atoms with Crippen molar-refractivity contribution < 1.29 is 9.18 Å². The zero-order chi connectivity index (χ0) is 22.7. The van der Waals surface area contributed by atoms with Gasteiger partial charge in [0.2, 0.25) is 0 Å². The van der Waals surface area contributed by atoms with Gasteiger partial charge in [-0.3, -0.25) is 9.78 Å². The molecular weight excluding hydrogens is 407 g/mol. The van der Waals surface area contributed by atoms with Gasteiger partial charge in [0.05, 0.1) is 35.2 Å². The number of benzene rings is 1. The van der Waals surface area contributed by atoms with Crippen molar-refractivity contribution in [3.63, 3.8) is 0 Å². The first kappa shape index (κ1) is 21.4. The molecule has 0 radical (unpaired) electrons. The third-order valence-electron chi connectivity index (χ3n) is 5.56. The molecule has 0 aliphatic heterocycles. The molecule has 0 aliphatic carbocycles. The summed E-state index contributed by atoms with van der Waals surface area (Å²) in [4.78, 5) is 23.9. The fourth-order valence-corrected chi connectivity index (χ4v) is 3.59. The zero-order valence-corrected chi connectivity index (χ0v) is 18.3. The smallest absolute Gasteiger partial charge is 0.254 e. The van der Waals surface area contributed by atoms with Gasteiger partial charge in [0, 0.05) is 31.4 Å². The molecule has 0 aliphatic rings. The molecule has 0 bridgehead atoms. The Bertz CT molecular complexity index is 1240. The van der Waals surface area contributed by atoms with Crippen molar-refractivity contribution in [2.75, 3.05) is 18.5 Å². The Morgan fingerprint density at radius 2 is 1.94 bits per heavy atom. The maximum atomic E-state index is 13.3. The second-order valence-electron chi connectivity index (χ2n) is 7.55. The van der Waals surface area contributed by atoms with Gasteiger partial charge in [-0.1, -0.05) is 6.92 Å². The van der Waals surface area contributed by atoms with Crippen molar-refractivity contribution in [2.45, 2.75) is 26.3 Å². The Kier molecular flexibility index (Phi) is 6.11. The molecule has 0 spiro atoms. The molecular formula is C24H25FN6O. The summed E-state index contributed by atoms with van der Waals surface area (Å²) in [6.07, 6.45) is 7.32. The predicted molar refractivity (Wildman–Crippen MR) is 123 cm³/mol. The van der Waals surface area contributed by atoms with E-state index in [1.807, 2.05) is 31.0 Å². The van der Waals surface area contributed by atoms with Crippen LogP contribution in [0.4, 0.5) is 10.2 Å². The van der Waals surface area contributed by atoms with E-state index in [-0.39, 0.29) is 17.8 Å². The minimum Gasteiger partial charge on any atom is -0.360 e. The number of nitrogens with one attached hydrogen (secondary N) is 1. The Hall–Kier alpha value is -3.81. The van der Waals surface area contributed by atoms with E-state index in [0.29, 0.717) is 22.2 Å². The number of pyridine rings is 2. The van der Waals surface area contributed by atoms with Gasteiger partial charge in [-0.2, -0.15) is 5.10 Å². The van der Waals surface area contributed by atoms with Crippen molar-refractivity contribution in [3.8, 4) is 5.69 Å². The number of fused-ring (bicyclic) bond motifs is 1. The molecule has 4 rings (SSSR count). The molecule has 7 nitrogen and oxygen atoms in total. The summed E-state index contributed by atoms with van der Waals surface area (Å²) in [6, 6.07) is 9.77. The Balaban J connectivity index is 1.63. The number of halogens is 1. The van der Waals surface area contributed by atoms with Gasteiger partial charge in [0.25, 0.3) is 5.91 Å². The molecule has 1 atom stereocenters. The Labute approximate surface area is 185 Å². The number of hydrogen-bond donors (Lipinski definition) is 1. The topological polar surface area (TPSA) is 75.9 Å². The monoisotopic (exact) mass is 432 g/mol. The number of anilines is 1. The zero-order valence-electron chi connectivity index (χ0n) is 18.3. The van der Waals surface area contributed by atoms with Gasteiger partial charge >= 0.3 is 0 Å². The van der Waals surface area contributed by atoms with E-state index in [0.717, 1.165) is 24.3 Å². The Morgan fingerprint density at radius 1 is 1.16 bits per heavy atom. The predicted octanol–water partition coefficient (Wildman–Crippen LogP) is 4.29. The van der Waals surface area contributed by atoms with Crippen molar-refractivity contribution in [1.29, 1.82) is 0 Å². The highest BCUT2D eigenvalue weighted by Gasteiger charge is 2.19. The lowest BCUT2D eigenvalue weighted by Crippen LogP contribution is -2.28. The average molecular weight is 433 g/mol. The standard InChI is InChI=1S/C24H25FN6O/c1-4-21(16-10-11-27-23(12-16)30(3)5-2)29-24(32)20-13-26-15-22-19(20)14-28-31(22)18-8-6-17(25)7-9-18/h6-15,21H,4-5H2,1-3H3,(H,29,32). The highest BCUT2D eigenvalue weighted by Crippen LogP contribution is 2.24. The molecule has 1 amide bonds. The summed E-state index contributed by atoms with van der Waals surface area (Å²) in [5.41, 5.74) is 2.80. The van der Waals surface area contributed by atoms with Crippen LogP contribution in [0, 0.1) is 5.82 Å². The van der Waals surface area contributed by atoms with Gasteiger partial charge in [-0.05, 0) is 55.3 Å². The minimum absolute atomic E-state index is 0.170. The summed E-state index contributed by atoms with van der Waals surface area (Å²) in [7, 11) is 1.98. The number of amides is 1. The largest absolute Gasteiger partial charge is 0.360 e. The fraction of sp³-hybridized carbons (Fsp3) is 0.250. The summed E-state index contributed by atoms with van der Waals surface area (Å²) < 4.78 is 14.9. The van der Waals surface area contributed by atoms with Crippen LogP contribution in [0.3, 0.4) is 0 Å². The van der Waals surface area contributed by atoms with E-state index in [2.05, 4.69) is 27.3 Å². The van der Waals surface area contributed by atoms with Crippen LogP contribution in [0.5, 0.6) is 0 Å². The van der Waals surface area contributed by atoms with E-state index in [1.54, 1.807) is 41.6 Å². The summed E-state index contributed by atoms with van der Waals surface area (Å²) in [5, 5.41) is 8.20. The SMILES string of the molecule is CCC(NC(=O)c1cncc2c1cnn2-c1ccc(F)cc1)c1ccnc(N(C)CC)c1. The van der Waals surface area contributed by atoms with Crippen LogP contribution in [-0.4, -0.2) is 39.2 Å². The first-order valence-corrected chi connectivity index (χ1v) is 10.6. The van der Waals surface area contributed by atoms with Gasteiger partial charge in [-0.25, -0.2) is 14.1 Å². The molecule has 4 aromatic rings. The van der Waals surface area contributed by atoms with E-state index in [9.17, 15) is 9.18 Å². The molecule has 3 heterocycles. The number of nitrogens with zero attached hydrogens (tertiary/aromatic N) is 5. The quantitative estimate of drug-likeness (QED) is 0.471. The van der Waals surface area contributed by atoms with Gasteiger partial charge in [0.15, 0.2) is 0 Å². The molecule has 0 saturated heterocycles. The second kappa shape index (κ2) is 9.13. The van der Waals surface area contributed by atoms with Gasteiger partial charge in [0.1, 0.15) is 11.6 Å². The lowest BCUT2D eigenvalue weighted by molar-refractivity contribution is 0.0937. The van der Waals surface area contributed by atoms with E-state index in [1.165, 1.54) is 12.1 Å². The highest BCUT2D eigenvalue weighted by atomic mass is 19.1. The van der Waals surface area contributed by atoms with Gasteiger partial charge < -0.3 is 10.2 Å². The van der Waals surface area contributed by atoms with Crippen LogP contribution in [0.15, 0.2) is 61.2 Å². The van der Waals surface area contributed by atoms with Crippen molar-refractivity contribution >= 4 is 22.6 Å². The van der Waals surface area contributed by atoms with E-state index >= 15 is 0 Å². The molecule has 1 unspecified atom stereocenters. The summed E-state index contributed by atoms with van der Waals surface area (Å²) in [6.45, 7) is 4.93. The lowest BCUT2D eigenvalue weighted by Gasteiger charge is -2.21. The molecule has 1 N–H and O–H groups in total. The number of carbonyl (C=O) groups is 1. The van der Waals surface area contributed by atoms with E-state index < -0.39 is 0 Å². The normalized spacial score (nSPS) is 12.0. The maximum Gasteiger partial charge on any atom is 0.254 e. The molecule has 0 fully saturated rings. The van der Waals surface area contributed by atoms with Crippen molar-refractivity contribution in [1.82, 2.24) is 25.1 Å². The highest BCUT2D eigenvalue weighted by molar-refractivity contribution is 6.06. The number of carbonyl (C=O) groups excluding carboxylic acids is 1. The van der Waals surface area contributed by atoms with Gasteiger partial charge in [-0.15, -0.1) is 0 Å². The van der Waals surface area contributed by atoms with Crippen LogP contribution in [0.1, 0.15) is 42.2 Å². The van der Waals surface area contributed by atoms with Crippen LogP contribution >= 0.6 is 0 Å². The molecule has 8 heteroatoms. The average Bonchev–Trinajstić information content (AvgIpc) is 3.26. The first-order chi connectivity index (χ1) is 15.5. The van der Waals surface area contributed by atoms with Crippen molar-refractivity contribution in [2.24, 2.45) is 0 Å². The fourth-order valence-electron chi connectivity index (χ4n) is 3.59. The third kappa shape index (κ3) is 4.16. The summed E-state index contributed by atoms with van der Waals surface area (Å²) in [5.74, 6) is 0.316. The molecule has 1 aromatic carbocycles.